The highest BCUT2D eigenvalue weighted by Crippen LogP contribution is 2.41. The van der Waals surface area contributed by atoms with Crippen LogP contribution < -0.4 is 11.1 Å². The van der Waals surface area contributed by atoms with Crippen molar-refractivity contribution in [2.24, 2.45) is 5.16 Å². The molecule has 1 aromatic heterocycles. The van der Waals surface area contributed by atoms with E-state index in [0.29, 0.717) is 18.7 Å². The number of nitrogens with two attached hydrogens (primary N) is 1. The average Bonchev–Trinajstić information content (AvgIpc) is 3.24. The number of aromatic nitrogens is 1. The molecule has 2 fully saturated rings. The van der Waals surface area contributed by atoms with Crippen molar-refractivity contribution in [1.29, 1.82) is 0 Å². The van der Waals surface area contributed by atoms with Crippen LogP contribution in [0.5, 0.6) is 0 Å². The molecule has 0 bridgehead atoms. The Kier molecular flexibility index (Phi) is 8.05. The highest BCUT2D eigenvalue weighted by molar-refractivity contribution is 8.00. The summed E-state index contributed by atoms with van der Waals surface area (Å²) in [5, 5.41) is 15.6. The first-order chi connectivity index (χ1) is 18.1. The van der Waals surface area contributed by atoms with Crippen molar-refractivity contribution >= 4 is 63.8 Å². The minimum Gasteiger partial charge on any atom is -0.445 e. The number of esters is 2. The van der Waals surface area contributed by atoms with Crippen LogP contribution in [-0.4, -0.2) is 98.7 Å². The number of nitrogens with one attached hydrogen (secondary N) is 1. The number of anilines is 1. The van der Waals surface area contributed by atoms with Gasteiger partial charge < -0.3 is 35.4 Å². The van der Waals surface area contributed by atoms with Crippen molar-refractivity contribution < 1.29 is 43.4 Å². The fourth-order valence-electron chi connectivity index (χ4n) is 3.80. The van der Waals surface area contributed by atoms with Gasteiger partial charge in [-0.2, -0.15) is 0 Å². The van der Waals surface area contributed by atoms with Gasteiger partial charge in [-0.25, -0.2) is 14.6 Å². The summed E-state index contributed by atoms with van der Waals surface area (Å²) in [6.45, 7) is 3.35. The number of hydrogen-bond donors (Lipinski definition) is 3. The van der Waals surface area contributed by atoms with Crippen molar-refractivity contribution in [3.63, 3.8) is 0 Å². The minimum absolute atomic E-state index is 0.0300. The SMILES string of the molecule is CC(=O)OC(C)OC(=O)C1=C(COC(=O)N2CCC2)CS[C@H]2C(NC(=O)/C(=N\O)c3csc(N)n3)C(=O)N12. The number of carbonyl (C=O) groups is 5. The lowest BCUT2D eigenvalue weighted by atomic mass is 10.0. The summed E-state index contributed by atoms with van der Waals surface area (Å²) in [5.74, 6) is -2.99. The van der Waals surface area contributed by atoms with Gasteiger partial charge in [0.1, 0.15) is 29.4 Å². The van der Waals surface area contributed by atoms with Crippen LogP contribution in [0.15, 0.2) is 21.8 Å². The van der Waals surface area contributed by atoms with Gasteiger partial charge in [-0.05, 0) is 6.42 Å². The van der Waals surface area contributed by atoms with E-state index in [0.717, 1.165) is 29.6 Å². The number of oxime groups is 1. The molecule has 15 nitrogen and oxygen atoms in total. The average molecular weight is 569 g/mol. The third-order valence-electron chi connectivity index (χ3n) is 5.70. The Hall–Kier alpha value is -3.86. The summed E-state index contributed by atoms with van der Waals surface area (Å²) in [4.78, 5) is 68.9. The van der Waals surface area contributed by atoms with Crippen LogP contribution in [0.25, 0.3) is 0 Å². The zero-order valence-corrected chi connectivity index (χ0v) is 21.9. The Labute approximate surface area is 223 Å². The summed E-state index contributed by atoms with van der Waals surface area (Å²) in [7, 11) is 0. The number of amides is 3. The lowest BCUT2D eigenvalue weighted by molar-refractivity contribution is -0.182. The summed E-state index contributed by atoms with van der Waals surface area (Å²) in [6, 6.07) is -1.07. The molecule has 0 spiro atoms. The molecular formula is C21H24N6O9S2. The lowest BCUT2D eigenvalue weighted by Gasteiger charge is -2.49. The van der Waals surface area contributed by atoms with Crippen molar-refractivity contribution in [2.45, 2.75) is 38.0 Å². The Bertz CT molecular complexity index is 1230. The summed E-state index contributed by atoms with van der Waals surface area (Å²) in [6.07, 6.45) is -0.920. The van der Waals surface area contributed by atoms with Crippen LogP contribution in [0, 0.1) is 0 Å². The van der Waals surface area contributed by atoms with Gasteiger partial charge in [0.05, 0.1) is 0 Å². The van der Waals surface area contributed by atoms with Crippen molar-refractivity contribution in [3.8, 4) is 0 Å². The molecule has 17 heteroatoms. The molecule has 2 saturated heterocycles. The van der Waals surface area contributed by atoms with Gasteiger partial charge in [0.2, 0.25) is 6.29 Å². The van der Waals surface area contributed by atoms with Crippen LogP contribution in [0.2, 0.25) is 0 Å². The largest absolute Gasteiger partial charge is 0.445 e. The molecule has 3 amide bonds. The Morgan fingerprint density at radius 3 is 2.63 bits per heavy atom. The van der Waals surface area contributed by atoms with Crippen LogP contribution in [-0.2, 0) is 33.4 Å². The zero-order valence-electron chi connectivity index (χ0n) is 20.2. The number of carbonyl (C=O) groups excluding carboxylic acids is 5. The molecule has 0 aliphatic carbocycles. The molecule has 0 radical (unpaired) electrons. The third-order valence-corrected chi connectivity index (χ3v) is 7.71. The minimum atomic E-state index is -1.24. The highest BCUT2D eigenvalue weighted by Gasteiger charge is 2.55. The standard InChI is InChI=1S/C21H24N6O9S2/c1-9(28)35-10(2)36-19(31)15-11(6-34-21(32)26-4-3-5-26)7-37-18-14(17(30)27(15)18)24-16(29)13(25-33)12-8-38-20(22)23-12/h8,10,14,18,33H,3-7H2,1-2H3,(H2,22,23)(H,24,29)/b25-13-/t10?,14?,18-/m0/s1. The van der Waals surface area contributed by atoms with E-state index in [-0.39, 0.29) is 28.9 Å². The molecule has 0 aromatic carbocycles. The molecule has 3 aliphatic rings. The van der Waals surface area contributed by atoms with Gasteiger partial charge in [-0.15, -0.1) is 23.1 Å². The van der Waals surface area contributed by atoms with Crippen molar-refractivity contribution in [3.05, 3.63) is 22.3 Å². The maximum Gasteiger partial charge on any atom is 0.410 e. The summed E-state index contributed by atoms with van der Waals surface area (Å²) >= 11 is 2.26. The lowest BCUT2D eigenvalue weighted by Crippen LogP contribution is -2.71. The normalized spacial score (nSPS) is 21.5. The molecule has 0 saturated carbocycles. The number of thioether (sulfide) groups is 1. The van der Waals surface area contributed by atoms with Crippen LogP contribution in [0.1, 0.15) is 26.0 Å². The van der Waals surface area contributed by atoms with Gasteiger partial charge >= 0.3 is 18.0 Å². The second-order valence-electron chi connectivity index (χ2n) is 8.31. The summed E-state index contributed by atoms with van der Waals surface area (Å²) in [5.41, 5.74) is 5.32. The van der Waals surface area contributed by atoms with E-state index in [9.17, 15) is 29.2 Å². The van der Waals surface area contributed by atoms with E-state index in [1.165, 1.54) is 29.0 Å². The van der Waals surface area contributed by atoms with Gasteiger partial charge in [0, 0.05) is 43.6 Å². The van der Waals surface area contributed by atoms with E-state index in [2.05, 4.69) is 15.5 Å². The molecule has 204 valence electrons. The molecule has 3 atom stereocenters. The fraction of sp³-hybridized carbons (Fsp3) is 0.476. The van der Waals surface area contributed by atoms with Gasteiger partial charge in [-0.1, -0.05) is 5.16 Å². The molecular weight excluding hydrogens is 544 g/mol. The fourth-order valence-corrected chi connectivity index (χ4v) is 5.68. The highest BCUT2D eigenvalue weighted by atomic mass is 32.2. The maximum atomic E-state index is 13.1. The molecule has 3 aliphatic heterocycles. The molecule has 2 unspecified atom stereocenters. The molecule has 4 rings (SSSR count). The van der Waals surface area contributed by atoms with Crippen molar-refractivity contribution in [1.82, 2.24) is 20.1 Å². The summed E-state index contributed by atoms with van der Waals surface area (Å²) < 4.78 is 15.4. The maximum absolute atomic E-state index is 13.1. The van der Waals surface area contributed by atoms with Gasteiger partial charge in [-0.3, -0.25) is 19.3 Å². The van der Waals surface area contributed by atoms with Crippen LogP contribution in [0.4, 0.5) is 9.93 Å². The second-order valence-corrected chi connectivity index (χ2v) is 10.3. The zero-order chi connectivity index (χ0) is 27.6. The van der Waals surface area contributed by atoms with Crippen LogP contribution in [0.3, 0.4) is 0 Å². The number of β-lactam (4-membered cyclic amide) rings is 1. The first-order valence-corrected chi connectivity index (χ1v) is 13.2. The van der Waals surface area contributed by atoms with E-state index < -0.39 is 53.3 Å². The monoisotopic (exact) mass is 568 g/mol. The molecule has 38 heavy (non-hydrogen) atoms. The molecule has 1 aromatic rings. The van der Waals surface area contributed by atoms with E-state index in [4.69, 9.17) is 19.9 Å². The molecule has 4 heterocycles. The molecule has 4 N–H and O–H groups in total. The Morgan fingerprint density at radius 2 is 2.05 bits per heavy atom. The Morgan fingerprint density at radius 1 is 1.32 bits per heavy atom. The number of likely N-dealkylation sites (tertiary alicyclic amines) is 1. The quantitative estimate of drug-likeness (QED) is 0.0936. The third kappa shape index (κ3) is 5.52. The van der Waals surface area contributed by atoms with Gasteiger partial charge in [0.25, 0.3) is 11.8 Å². The number of nitrogen functional groups attached to an aromatic ring is 1. The number of fused-ring (bicyclic) bond motifs is 1. The van der Waals surface area contributed by atoms with Crippen LogP contribution >= 0.6 is 23.1 Å². The first-order valence-electron chi connectivity index (χ1n) is 11.3. The first kappa shape index (κ1) is 27.2. The predicted octanol–water partition coefficient (Wildman–Crippen LogP) is -0.148. The number of rotatable bonds is 8. The van der Waals surface area contributed by atoms with E-state index in [1.807, 2.05) is 0 Å². The smallest absolute Gasteiger partial charge is 0.410 e. The number of nitrogens with zero attached hydrogens (tertiary/aromatic N) is 4. The number of hydrogen-bond acceptors (Lipinski definition) is 14. The van der Waals surface area contributed by atoms with E-state index in [1.54, 1.807) is 0 Å². The predicted molar refractivity (Wildman–Crippen MR) is 132 cm³/mol. The van der Waals surface area contributed by atoms with E-state index >= 15 is 0 Å². The Balaban J connectivity index is 1.51. The number of ether oxygens (including phenoxy) is 3. The second kappa shape index (κ2) is 11.3. The van der Waals surface area contributed by atoms with Gasteiger partial charge in [0.15, 0.2) is 10.8 Å². The topological polar surface area (TPSA) is 203 Å². The van der Waals surface area contributed by atoms with Crippen molar-refractivity contribution in [2.75, 3.05) is 31.2 Å². The number of thiazole rings is 1.